The molecule has 1 aliphatic heterocycles. The van der Waals surface area contributed by atoms with Gasteiger partial charge in [-0.05, 0) is 36.2 Å². The maximum absolute atomic E-state index is 5.96. The van der Waals surface area contributed by atoms with Crippen LogP contribution in [0.1, 0.15) is 17.5 Å². The van der Waals surface area contributed by atoms with E-state index in [1.807, 2.05) is 30.3 Å². The van der Waals surface area contributed by atoms with Crippen molar-refractivity contribution in [3.63, 3.8) is 0 Å². The van der Waals surface area contributed by atoms with E-state index in [1.54, 1.807) is 7.11 Å². The van der Waals surface area contributed by atoms with E-state index in [2.05, 4.69) is 24.3 Å². The summed E-state index contributed by atoms with van der Waals surface area (Å²) in [6, 6.07) is 18.4. The molecule has 21 heavy (non-hydrogen) atoms. The molecule has 0 unspecified atom stereocenters. The average molecular weight is 284 g/mol. The molecule has 0 amide bonds. The van der Waals surface area contributed by atoms with Crippen LogP contribution in [0.2, 0.25) is 0 Å². The summed E-state index contributed by atoms with van der Waals surface area (Å²) in [6.45, 7) is 1.28. The van der Waals surface area contributed by atoms with Gasteiger partial charge in [-0.3, -0.25) is 0 Å². The second-order valence-electron chi connectivity index (χ2n) is 5.16. The summed E-state index contributed by atoms with van der Waals surface area (Å²) in [5.41, 5.74) is 2.35. The molecular formula is C18H20O3. The quantitative estimate of drug-likeness (QED) is 0.840. The predicted octanol–water partition coefficient (Wildman–Crippen LogP) is 3.53. The van der Waals surface area contributed by atoms with E-state index in [-0.39, 0.29) is 0 Å². The molecule has 0 atom stereocenters. The Morgan fingerprint density at radius 1 is 0.952 bits per heavy atom. The molecule has 0 radical (unpaired) electrons. The fraction of sp³-hybridized carbons (Fsp3) is 0.333. The third-order valence-electron chi connectivity index (χ3n) is 3.87. The summed E-state index contributed by atoms with van der Waals surface area (Å²) < 4.78 is 17.1. The van der Waals surface area contributed by atoms with Gasteiger partial charge in [-0.15, -0.1) is 0 Å². The van der Waals surface area contributed by atoms with Gasteiger partial charge >= 0.3 is 0 Å². The lowest BCUT2D eigenvalue weighted by Crippen LogP contribution is -2.27. The summed E-state index contributed by atoms with van der Waals surface area (Å²) >= 11 is 0. The van der Waals surface area contributed by atoms with Crippen LogP contribution >= 0.6 is 0 Å². The average Bonchev–Trinajstić information content (AvgIpc) is 3.04. The van der Waals surface area contributed by atoms with Gasteiger partial charge in [0.1, 0.15) is 5.75 Å². The highest BCUT2D eigenvalue weighted by molar-refractivity contribution is 5.30. The number of benzene rings is 2. The zero-order chi connectivity index (χ0) is 14.5. The van der Waals surface area contributed by atoms with Crippen molar-refractivity contribution in [1.82, 2.24) is 0 Å². The molecule has 1 aliphatic rings. The first-order chi connectivity index (χ1) is 10.3. The van der Waals surface area contributed by atoms with Crippen molar-refractivity contribution in [2.75, 3.05) is 20.3 Å². The SMILES string of the molecule is COc1ccc(C2(CCc3ccccc3)OCCO2)cc1. The zero-order valence-electron chi connectivity index (χ0n) is 12.2. The molecule has 1 fully saturated rings. The molecule has 0 N–H and O–H groups in total. The number of hydrogen-bond donors (Lipinski definition) is 0. The predicted molar refractivity (Wildman–Crippen MR) is 81.3 cm³/mol. The van der Waals surface area contributed by atoms with E-state index < -0.39 is 5.79 Å². The van der Waals surface area contributed by atoms with E-state index in [4.69, 9.17) is 14.2 Å². The van der Waals surface area contributed by atoms with Crippen molar-refractivity contribution >= 4 is 0 Å². The standard InChI is InChI=1S/C18H20O3/c1-19-17-9-7-16(8-10-17)18(20-13-14-21-18)12-11-15-5-3-2-4-6-15/h2-10H,11-14H2,1H3. The van der Waals surface area contributed by atoms with Gasteiger partial charge in [0.2, 0.25) is 0 Å². The Balaban J connectivity index is 1.78. The Kier molecular flexibility index (Phi) is 4.23. The molecule has 2 aromatic rings. The first kappa shape index (κ1) is 14.1. The fourth-order valence-electron chi connectivity index (χ4n) is 2.71. The van der Waals surface area contributed by atoms with E-state index in [0.717, 1.165) is 24.2 Å². The Bertz CT molecular complexity index is 557. The highest BCUT2D eigenvalue weighted by Crippen LogP contribution is 2.36. The molecule has 0 bridgehead atoms. The third kappa shape index (κ3) is 3.09. The monoisotopic (exact) mass is 284 g/mol. The van der Waals surface area contributed by atoms with Crippen LogP contribution in [0.4, 0.5) is 0 Å². The van der Waals surface area contributed by atoms with Crippen molar-refractivity contribution in [2.24, 2.45) is 0 Å². The van der Waals surface area contributed by atoms with Crippen LogP contribution in [0.3, 0.4) is 0 Å². The van der Waals surface area contributed by atoms with Crippen molar-refractivity contribution in [2.45, 2.75) is 18.6 Å². The first-order valence-electron chi connectivity index (χ1n) is 7.29. The molecule has 0 saturated carbocycles. The van der Waals surface area contributed by atoms with Crippen LogP contribution in [0.15, 0.2) is 54.6 Å². The molecule has 1 saturated heterocycles. The van der Waals surface area contributed by atoms with Crippen molar-refractivity contribution in [3.05, 3.63) is 65.7 Å². The first-order valence-corrected chi connectivity index (χ1v) is 7.29. The molecule has 2 aromatic carbocycles. The van der Waals surface area contributed by atoms with Crippen molar-refractivity contribution in [1.29, 1.82) is 0 Å². The summed E-state index contributed by atoms with van der Waals surface area (Å²) in [5.74, 6) is 0.220. The number of ether oxygens (including phenoxy) is 3. The molecule has 3 rings (SSSR count). The minimum atomic E-state index is -0.623. The molecule has 0 aliphatic carbocycles. The van der Waals surface area contributed by atoms with Gasteiger partial charge in [-0.2, -0.15) is 0 Å². The van der Waals surface area contributed by atoms with E-state index in [9.17, 15) is 0 Å². The van der Waals surface area contributed by atoms with Gasteiger partial charge in [0.25, 0.3) is 0 Å². The van der Waals surface area contributed by atoms with Gasteiger partial charge in [0.05, 0.1) is 20.3 Å². The largest absolute Gasteiger partial charge is 0.497 e. The van der Waals surface area contributed by atoms with E-state index in [1.165, 1.54) is 5.56 Å². The molecule has 3 nitrogen and oxygen atoms in total. The third-order valence-corrected chi connectivity index (χ3v) is 3.87. The molecule has 3 heteroatoms. The lowest BCUT2D eigenvalue weighted by molar-refractivity contribution is -0.170. The second-order valence-corrected chi connectivity index (χ2v) is 5.16. The van der Waals surface area contributed by atoms with Gasteiger partial charge < -0.3 is 14.2 Å². The van der Waals surface area contributed by atoms with Crippen LogP contribution in [0.25, 0.3) is 0 Å². The summed E-state index contributed by atoms with van der Waals surface area (Å²) in [7, 11) is 1.67. The highest BCUT2D eigenvalue weighted by atomic mass is 16.7. The van der Waals surface area contributed by atoms with E-state index in [0.29, 0.717) is 13.2 Å². The summed E-state index contributed by atoms with van der Waals surface area (Å²) in [5, 5.41) is 0. The maximum atomic E-state index is 5.96. The van der Waals surface area contributed by atoms with Gasteiger partial charge in [0.15, 0.2) is 5.79 Å². The van der Waals surface area contributed by atoms with Gasteiger partial charge in [0, 0.05) is 12.0 Å². The minimum absolute atomic E-state index is 0.623. The van der Waals surface area contributed by atoms with Crippen molar-refractivity contribution in [3.8, 4) is 5.75 Å². The second kappa shape index (κ2) is 6.29. The summed E-state index contributed by atoms with van der Waals surface area (Å²) in [6.07, 6.45) is 1.73. The molecule has 1 heterocycles. The maximum Gasteiger partial charge on any atom is 0.195 e. The van der Waals surface area contributed by atoms with Crippen LogP contribution < -0.4 is 4.74 Å². The summed E-state index contributed by atoms with van der Waals surface area (Å²) in [4.78, 5) is 0. The fourth-order valence-corrected chi connectivity index (χ4v) is 2.71. The Morgan fingerprint density at radius 3 is 2.24 bits per heavy atom. The lowest BCUT2D eigenvalue weighted by atomic mass is 9.97. The molecule has 0 spiro atoms. The Morgan fingerprint density at radius 2 is 1.62 bits per heavy atom. The normalized spacial score (nSPS) is 16.8. The smallest absolute Gasteiger partial charge is 0.195 e. The van der Waals surface area contributed by atoms with Crippen LogP contribution in [-0.2, 0) is 21.7 Å². The van der Waals surface area contributed by atoms with Crippen LogP contribution in [0, 0.1) is 0 Å². The zero-order valence-corrected chi connectivity index (χ0v) is 12.2. The molecule has 110 valence electrons. The molecule has 0 aromatic heterocycles. The van der Waals surface area contributed by atoms with Crippen molar-refractivity contribution < 1.29 is 14.2 Å². The van der Waals surface area contributed by atoms with Crippen LogP contribution in [0.5, 0.6) is 5.75 Å². The number of hydrogen-bond acceptors (Lipinski definition) is 3. The van der Waals surface area contributed by atoms with Gasteiger partial charge in [-0.25, -0.2) is 0 Å². The molecular weight excluding hydrogens is 264 g/mol. The lowest BCUT2D eigenvalue weighted by Gasteiger charge is -2.28. The number of aryl methyl sites for hydroxylation is 1. The highest BCUT2D eigenvalue weighted by Gasteiger charge is 2.38. The van der Waals surface area contributed by atoms with Crippen LogP contribution in [-0.4, -0.2) is 20.3 Å². The number of methoxy groups -OCH3 is 1. The van der Waals surface area contributed by atoms with Gasteiger partial charge in [-0.1, -0.05) is 30.3 Å². The number of rotatable bonds is 5. The topological polar surface area (TPSA) is 27.7 Å². The Labute approximate surface area is 125 Å². The Hall–Kier alpha value is -1.84. The van der Waals surface area contributed by atoms with E-state index >= 15 is 0 Å². The minimum Gasteiger partial charge on any atom is -0.497 e.